The maximum absolute atomic E-state index is 12.5. The number of hydrogen-bond donors (Lipinski definition) is 1. The van der Waals surface area contributed by atoms with Gasteiger partial charge in [-0.3, -0.25) is 9.59 Å². The lowest BCUT2D eigenvalue weighted by atomic mass is 10.0. The first-order chi connectivity index (χ1) is 11.7. The maximum atomic E-state index is 12.5. The number of fused-ring (bicyclic) bond motifs is 2. The average molecular weight is 320 g/mol. The first-order valence-electron chi connectivity index (χ1n) is 8.47. The van der Waals surface area contributed by atoms with Crippen LogP contribution in [0.4, 0.5) is 5.69 Å². The highest BCUT2D eigenvalue weighted by Crippen LogP contribution is 2.33. The van der Waals surface area contributed by atoms with E-state index in [0.717, 1.165) is 25.1 Å². The van der Waals surface area contributed by atoms with E-state index in [4.69, 9.17) is 0 Å². The molecule has 1 heterocycles. The standard InChI is InChI=1S/C20H20N2O2/c23-19-13-17(15-6-2-3-7-16(15)19)20(24)21-10-12-22-11-9-14-5-1-4-8-18(14)22/h1-8,17H,9-13H2,(H,21,24)/t17-/m1/s1. The van der Waals surface area contributed by atoms with Gasteiger partial charge in [-0.05, 0) is 23.6 Å². The Morgan fingerprint density at radius 2 is 1.92 bits per heavy atom. The fraction of sp³-hybridized carbons (Fsp3) is 0.300. The smallest absolute Gasteiger partial charge is 0.228 e. The molecular weight excluding hydrogens is 300 g/mol. The molecule has 4 heteroatoms. The Bertz CT molecular complexity index is 800. The number of carbonyl (C=O) groups excluding carboxylic acids is 2. The Labute approximate surface area is 141 Å². The summed E-state index contributed by atoms with van der Waals surface area (Å²) in [6, 6.07) is 15.9. The van der Waals surface area contributed by atoms with E-state index >= 15 is 0 Å². The quantitative estimate of drug-likeness (QED) is 0.942. The van der Waals surface area contributed by atoms with E-state index in [1.165, 1.54) is 11.3 Å². The third kappa shape index (κ3) is 2.58. The molecule has 1 amide bonds. The summed E-state index contributed by atoms with van der Waals surface area (Å²) in [6.45, 7) is 2.39. The third-order valence-electron chi connectivity index (χ3n) is 5.01. The summed E-state index contributed by atoms with van der Waals surface area (Å²) < 4.78 is 0. The van der Waals surface area contributed by atoms with Crippen LogP contribution in [0.15, 0.2) is 48.5 Å². The zero-order valence-electron chi connectivity index (χ0n) is 13.5. The molecule has 0 spiro atoms. The van der Waals surface area contributed by atoms with Crippen LogP contribution in [0.1, 0.15) is 33.8 Å². The molecule has 0 saturated carbocycles. The number of ketones is 1. The van der Waals surface area contributed by atoms with Gasteiger partial charge in [0, 0.05) is 37.3 Å². The molecule has 0 aromatic heterocycles. The summed E-state index contributed by atoms with van der Waals surface area (Å²) in [5, 5.41) is 3.01. The van der Waals surface area contributed by atoms with Gasteiger partial charge in [0.25, 0.3) is 0 Å². The summed E-state index contributed by atoms with van der Waals surface area (Å²) >= 11 is 0. The van der Waals surface area contributed by atoms with Crippen LogP contribution in [-0.2, 0) is 11.2 Å². The number of Topliss-reactive ketones (excluding diaryl/α,β-unsaturated/α-hetero) is 1. The molecule has 2 aromatic rings. The molecule has 24 heavy (non-hydrogen) atoms. The molecular formula is C20H20N2O2. The molecule has 0 radical (unpaired) electrons. The second kappa shape index (κ2) is 6.11. The van der Waals surface area contributed by atoms with Gasteiger partial charge in [-0.25, -0.2) is 0 Å². The van der Waals surface area contributed by atoms with E-state index in [-0.39, 0.29) is 24.0 Å². The number of rotatable bonds is 4. The summed E-state index contributed by atoms with van der Waals surface area (Å²) in [5.41, 5.74) is 4.21. The SMILES string of the molecule is O=C1C[C@@H](C(=O)NCCN2CCc3ccccc32)c2ccccc21. The minimum Gasteiger partial charge on any atom is -0.369 e. The van der Waals surface area contributed by atoms with Crippen LogP contribution in [0.3, 0.4) is 0 Å². The number of carbonyl (C=O) groups is 2. The number of amides is 1. The lowest BCUT2D eigenvalue weighted by molar-refractivity contribution is -0.122. The number of hydrogen-bond acceptors (Lipinski definition) is 3. The van der Waals surface area contributed by atoms with Gasteiger partial charge >= 0.3 is 0 Å². The van der Waals surface area contributed by atoms with Crippen molar-refractivity contribution in [2.45, 2.75) is 18.8 Å². The Morgan fingerprint density at radius 3 is 2.83 bits per heavy atom. The number of nitrogens with zero attached hydrogens (tertiary/aromatic N) is 1. The maximum Gasteiger partial charge on any atom is 0.228 e. The predicted molar refractivity (Wildman–Crippen MR) is 93.5 cm³/mol. The van der Waals surface area contributed by atoms with E-state index in [1.807, 2.05) is 24.3 Å². The summed E-state index contributed by atoms with van der Waals surface area (Å²) in [4.78, 5) is 26.8. The average Bonchev–Trinajstić information content (AvgIpc) is 3.17. The zero-order valence-corrected chi connectivity index (χ0v) is 13.5. The first-order valence-corrected chi connectivity index (χ1v) is 8.47. The molecule has 4 nitrogen and oxygen atoms in total. The number of nitrogens with one attached hydrogen (secondary N) is 1. The number of benzene rings is 2. The van der Waals surface area contributed by atoms with Gasteiger partial charge < -0.3 is 10.2 Å². The minimum absolute atomic E-state index is 0.0409. The van der Waals surface area contributed by atoms with Crippen molar-refractivity contribution in [1.82, 2.24) is 5.32 Å². The van der Waals surface area contributed by atoms with Gasteiger partial charge in [-0.2, -0.15) is 0 Å². The van der Waals surface area contributed by atoms with E-state index < -0.39 is 0 Å². The van der Waals surface area contributed by atoms with Gasteiger partial charge in [0.1, 0.15) is 0 Å². The molecule has 0 saturated heterocycles. The molecule has 4 rings (SSSR count). The van der Waals surface area contributed by atoms with Gasteiger partial charge in [0.2, 0.25) is 5.91 Å². The Morgan fingerprint density at radius 1 is 1.12 bits per heavy atom. The van der Waals surface area contributed by atoms with E-state index in [2.05, 4.69) is 34.5 Å². The van der Waals surface area contributed by atoms with Gasteiger partial charge in [0.15, 0.2) is 5.78 Å². The highest BCUT2D eigenvalue weighted by molar-refractivity contribution is 6.06. The van der Waals surface area contributed by atoms with Crippen molar-refractivity contribution in [2.24, 2.45) is 0 Å². The normalized spacial score (nSPS) is 18.4. The van der Waals surface area contributed by atoms with Crippen molar-refractivity contribution in [3.63, 3.8) is 0 Å². The summed E-state index contributed by atoms with van der Waals surface area (Å²) in [6.07, 6.45) is 1.35. The zero-order chi connectivity index (χ0) is 16.5. The molecule has 122 valence electrons. The Balaban J connectivity index is 1.36. The van der Waals surface area contributed by atoms with Crippen molar-refractivity contribution in [1.29, 1.82) is 0 Å². The molecule has 2 aliphatic rings. The fourth-order valence-corrected chi connectivity index (χ4v) is 3.77. The van der Waals surface area contributed by atoms with Gasteiger partial charge in [0.05, 0.1) is 5.92 Å². The second-order valence-electron chi connectivity index (χ2n) is 6.42. The second-order valence-corrected chi connectivity index (χ2v) is 6.42. The van der Waals surface area contributed by atoms with Crippen LogP contribution in [0, 0.1) is 0 Å². The molecule has 1 atom stereocenters. The molecule has 1 aliphatic heterocycles. The molecule has 0 unspecified atom stereocenters. The van der Waals surface area contributed by atoms with Gasteiger partial charge in [-0.1, -0.05) is 42.5 Å². The van der Waals surface area contributed by atoms with Crippen LogP contribution < -0.4 is 10.2 Å². The van der Waals surface area contributed by atoms with Crippen LogP contribution in [-0.4, -0.2) is 31.3 Å². The molecule has 1 aliphatic carbocycles. The molecule has 2 aromatic carbocycles. The predicted octanol–water partition coefficient (Wildman–Crippen LogP) is 2.54. The first kappa shape index (κ1) is 14.9. The van der Waals surface area contributed by atoms with Crippen molar-refractivity contribution < 1.29 is 9.59 Å². The van der Waals surface area contributed by atoms with Crippen LogP contribution in [0.2, 0.25) is 0 Å². The van der Waals surface area contributed by atoms with E-state index in [1.54, 1.807) is 0 Å². The van der Waals surface area contributed by atoms with Crippen LogP contribution >= 0.6 is 0 Å². The monoisotopic (exact) mass is 320 g/mol. The number of para-hydroxylation sites is 1. The molecule has 0 fully saturated rings. The Hall–Kier alpha value is -2.62. The van der Waals surface area contributed by atoms with E-state index in [0.29, 0.717) is 12.1 Å². The van der Waals surface area contributed by atoms with Crippen molar-refractivity contribution in [3.05, 3.63) is 65.2 Å². The van der Waals surface area contributed by atoms with Crippen LogP contribution in [0.5, 0.6) is 0 Å². The topological polar surface area (TPSA) is 49.4 Å². The fourth-order valence-electron chi connectivity index (χ4n) is 3.77. The lowest BCUT2D eigenvalue weighted by Gasteiger charge is -2.20. The Kier molecular flexibility index (Phi) is 3.81. The summed E-state index contributed by atoms with van der Waals surface area (Å²) in [7, 11) is 0. The van der Waals surface area contributed by atoms with E-state index in [9.17, 15) is 9.59 Å². The minimum atomic E-state index is -0.334. The largest absolute Gasteiger partial charge is 0.369 e. The lowest BCUT2D eigenvalue weighted by Crippen LogP contribution is -2.36. The highest BCUT2D eigenvalue weighted by Gasteiger charge is 2.33. The highest BCUT2D eigenvalue weighted by atomic mass is 16.2. The summed E-state index contributed by atoms with van der Waals surface area (Å²) in [5.74, 6) is -0.306. The van der Waals surface area contributed by atoms with Crippen molar-refractivity contribution in [2.75, 3.05) is 24.5 Å². The van der Waals surface area contributed by atoms with Crippen LogP contribution in [0.25, 0.3) is 0 Å². The number of anilines is 1. The van der Waals surface area contributed by atoms with Gasteiger partial charge in [-0.15, -0.1) is 0 Å². The molecule has 0 bridgehead atoms. The molecule has 1 N–H and O–H groups in total. The van der Waals surface area contributed by atoms with Crippen molar-refractivity contribution in [3.8, 4) is 0 Å². The van der Waals surface area contributed by atoms with Crippen molar-refractivity contribution >= 4 is 17.4 Å². The third-order valence-corrected chi connectivity index (χ3v) is 5.01.